The third-order valence-corrected chi connectivity index (χ3v) is 3.84. The minimum Gasteiger partial charge on any atom is -0.391 e. The van der Waals surface area contributed by atoms with Gasteiger partial charge in [0, 0.05) is 23.2 Å². The fraction of sp³-hybridized carbons (Fsp3) is 0.462. The molecule has 0 spiro atoms. The van der Waals surface area contributed by atoms with Crippen molar-refractivity contribution in [3.8, 4) is 0 Å². The van der Waals surface area contributed by atoms with Gasteiger partial charge in [-0.3, -0.25) is 14.9 Å². The average molecular weight is 345 g/mol. The number of amides is 1. The maximum atomic E-state index is 11.9. The number of nitro benzene ring substituents is 1. The zero-order valence-electron chi connectivity index (χ0n) is 11.3. The first-order chi connectivity index (χ1) is 9.36. The van der Waals surface area contributed by atoms with Gasteiger partial charge in [-0.25, -0.2) is 0 Å². The van der Waals surface area contributed by atoms with E-state index in [2.05, 4.69) is 21.2 Å². The second-order valence-corrected chi connectivity index (χ2v) is 5.44. The summed E-state index contributed by atoms with van der Waals surface area (Å²) in [4.78, 5) is 22.0. The van der Waals surface area contributed by atoms with Gasteiger partial charge < -0.3 is 10.4 Å². The van der Waals surface area contributed by atoms with Crippen LogP contribution in [0, 0.1) is 16.0 Å². The van der Waals surface area contributed by atoms with E-state index in [1.54, 1.807) is 0 Å². The molecule has 0 saturated carbocycles. The number of benzene rings is 1. The molecule has 110 valence electrons. The number of aliphatic hydroxyl groups is 1. The third-order valence-electron chi connectivity index (χ3n) is 3.18. The van der Waals surface area contributed by atoms with Gasteiger partial charge in [-0.1, -0.05) is 20.3 Å². The molecule has 0 aliphatic heterocycles. The normalized spacial score (nSPS) is 13.6. The highest BCUT2D eigenvalue weighted by Gasteiger charge is 2.17. The lowest BCUT2D eigenvalue weighted by Crippen LogP contribution is -2.35. The van der Waals surface area contributed by atoms with Crippen LogP contribution < -0.4 is 5.32 Å². The lowest BCUT2D eigenvalue weighted by Gasteiger charge is -2.17. The van der Waals surface area contributed by atoms with Crippen LogP contribution in [0.3, 0.4) is 0 Å². The average Bonchev–Trinajstić information content (AvgIpc) is 2.43. The van der Waals surface area contributed by atoms with E-state index < -0.39 is 11.0 Å². The maximum absolute atomic E-state index is 11.9. The molecule has 0 radical (unpaired) electrons. The minimum absolute atomic E-state index is 0.0898. The predicted molar refractivity (Wildman–Crippen MR) is 78.6 cm³/mol. The van der Waals surface area contributed by atoms with Gasteiger partial charge in [0.25, 0.3) is 11.6 Å². The van der Waals surface area contributed by atoms with Gasteiger partial charge in [0.15, 0.2) is 0 Å². The number of rotatable bonds is 6. The lowest BCUT2D eigenvalue weighted by molar-refractivity contribution is -0.384. The Bertz CT molecular complexity index is 507. The summed E-state index contributed by atoms with van der Waals surface area (Å²) < 4.78 is 0.349. The molecule has 6 nitrogen and oxygen atoms in total. The van der Waals surface area contributed by atoms with E-state index >= 15 is 0 Å². The van der Waals surface area contributed by atoms with Crippen molar-refractivity contribution in [3.05, 3.63) is 38.3 Å². The van der Waals surface area contributed by atoms with Crippen LogP contribution in [0.25, 0.3) is 0 Å². The number of nitro groups is 1. The first-order valence-electron chi connectivity index (χ1n) is 6.27. The summed E-state index contributed by atoms with van der Waals surface area (Å²) in [6.07, 6.45) is 0.207. The number of nitrogens with one attached hydrogen (secondary N) is 1. The Morgan fingerprint density at radius 1 is 1.55 bits per heavy atom. The molecule has 20 heavy (non-hydrogen) atoms. The van der Waals surface area contributed by atoms with Crippen LogP contribution in [0.2, 0.25) is 0 Å². The van der Waals surface area contributed by atoms with Gasteiger partial charge in [0.2, 0.25) is 0 Å². The van der Waals surface area contributed by atoms with Crippen LogP contribution in [0.5, 0.6) is 0 Å². The van der Waals surface area contributed by atoms with Crippen molar-refractivity contribution in [1.82, 2.24) is 5.32 Å². The second-order valence-electron chi connectivity index (χ2n) is 4.58. The van der Waals surface area contributed by atoms with Gasteiger partial charge >= 0.3 is 0 Å². The van der Waals surface area contributed by atoms with Crippen molar-refractivity contribution in [3.63, 3.8) is 0 Å². The quantitative estimate of drug-likeness (QED) is 0.612. The van der Waals surface area contributed by atoms with Crippen LogP contribution in [0.1, 0.15) is 30.6 Å². The maximum Gasteiger partial charge on any atom is 0.270 e. The standard InChI is InChI=1S/C13H17BrN2O4/c1-3-8(2)12(17)7-15-13(18)10-5-4-9(16(19)20)6-11(10)14/h4-6,8,12,17H,3,7H2,1-2H3,(H,15,18). The Kier molecular flexibility index (Phi) is 6.09. The Labute approximate surface area is 125 Å². The topological polar surface area (TPSA) is 92.5 Å². The largest absolute Gasteiger partial charge is 0.391 e. The SMILES string of the molecule is CCC(C)C(O)CNC(=O)c1ccc([N+](=O)[O-])cc1Br. The number of halogens is 1. The molecule has 0 fully saturated rings. The van der Waals surface area contributed by atoms with E-state index in [-0.39, 0.29) is 24.1 Å². The first kappa shape index (κ1) is 16.6. The molecular formula is C13H17BrN2O4. The summed E-state index contributed by atoms with van der Waals surface area (Å²) in [7, 11) is 0. The molecule has 0 aliphatic carbocycles. The first-order valence-corrected chi connectivity index (χ1v) is 7.06. The molecule has 1 rings (SSSR count). The summed E-state index contributed by atoms with van der Waals surface area (Å²) in [5.74, 6) is -0.287. The van der Waals surface area contributed by atoms with Crippen LogP contribution in [-0.2, 0) is 0 Å². The lowest BCUT2D eigenvalue weighted by atomic mass is 10.0. The van der Waals surface area contributed by atoms with E-state index in [4.69, 9.17) is 0 Å². The summed E-state index contributed by atoms with van der Waals surface area (Å²) >= 11 is 3.14. The number of hydrogen-bond donors (Lipinski definition) is 2. The fourth-order valence-electron chi connectivity index (χ4n) is 1.57. The van der Waals surface area contributed by atoms with E-state index in [9.17, 15) is 20.0 Å². The highest BCUT2D eigenvalue weighted by molar-refractivity contribution is 9.10. The van der Waals surface area contributed by atoms with Gasteiger partial charge in [-0.15, -0.1) is 0 Å². The number of non-ortho nitro benzene ring substituents is 1. The van der Waals surface area contributed by atoms with Gasteiger partial charge in [0.1, 0.15) is 0 Å². The molecule has 1 amide bonds. The van der Waals surface area contributed by atoms with Gasteiger partial charge in [-0.05, 0) is 27.9 Å². The predicted octanol–water partition coefficient (Wildman–Crippen LogP) is 2.49. The van der Waals surface area contributed by atoms with E-state index in [1.165, 1.54) is 18.2 Å². The Hall–Kier alpha value is -1.47. The minimum atomic E-state index is -0.610. The Morgan fingerprint density at radius 3 is 2.70 bits per heavy atom. The highest BCUT2D eigenvalue weighted by Crippen LogP contribution is 2.22. The van der Waals surface area contributed by atoms with Crippen molar-refractivity contribution in [2.24, 2.45) is 5.92 Å². The number of hydrogen-bond acceptors (Lipinski definition) is 4. The van der Waals surface area contributed by atoms with Gasteiger partial charge in [-0.2, -0.15) is 0 Å². The Morgan fingerprint density at radius 2 is 2.20 bits per heavy atom. The van der Waals surface area contributed by atoms with Crippen molar-refractivity contribution in [2.75, 3.05) is 6.54 Å². The second kappa shape index (κ2) is 7.35. The number of aliphatic hydroxyl groups excluding tert-OH is 1. The molecule has 1 aromatic carbocycles. The van der Waals surface area contributed by atoms with E-state index in [1.807, 2.05) is 13.8 Å². The number of carbonyl (C=O) groups is 1. The van der Waals surface area contributed by atoms with Crippen molar-refractivity contribution >= 4 is 27.5 Å². The molecular weight excluding hydrogens is 328 g/mol. The van der Waals surface area contributed by atoms with Crippen molar-refractivity contribution in [1.29, 1.82) is 0 Å². The molecule has 7 heteroatoms. The molecule has 2 N–H and O–H groups in total. The fourth-order valence-corrected chi connectivity index (χ4v) is 2.11. The summed E-state index contributed by atoms with van der Waals surface area (Å²) in [6.45, 7) is 4.01. The summed E-state index contributed by atoms with van der Waals surface area (Å²) in [5, 5.41) is 23.0. The van der Waals surface area contributed by atoms with E-state index in [0.717, 1.165) is 6.42 Å². The molecule has 0 bridgehead atoms. The van der Waals surface area contributed by atoms with Crippen LogP contribution in [0.4, 0.5) is 5.69 Å². The third kappa shape index (κ3) is 4.28. The molecule has 2 atom stereocenters. The number of carbonyl (C=O) groups excluding carboxylic acids is 1. The molecule has 0 saturated heterocycles. The zero-order valence-corrected chi connectivity index (χ0v) is 12.9. The van der Waals surface area contributed by atoms with Crippen LogP contribution >= 0.6 is 15.9 Å². The number of nitrogens with zero attached hydrogens (tertiary/aromatic N) is 1. The van der Waals surface area contributed by atoms with E-state index in [0.29, 0.717) is 10.0 Å². The molecule has 0 aliphatic rings. The highest BCUT2D eigenvalue weighted by atomic mass is 79.9. The Balaban J connectivity index is 2.71. The molecule has 0 aromatic heterocycles. The summed E-state index contributed by atoms with van der Waals surface area (Å²) in [5.41, 5.74) is 0.208. The molecule has 1 aromatic rings. The van der Waals surface area contributed by atoms with Crippen LogP contribution in [-0.4, -0.2) is 28.6 Å². The molecule has 2 unspecified atom stereocenters. The van der Waals surface area contributed by atoms with Crippen molar-refractivity contribution in [2.45, 2.75) is 26.4 Å². The van der Waals surface area contributed by atoms with Gasteiger partial charge in [0.05, 0.1) is 16.6 Å². The summed E-state index contributed by atoms with van der Waals surface area (Å²) in [6, 6.07) is 3.93. The monoisotopic (exact) mass is 344 g/mol. The van der Waals surface area contributed by atoms with Crippen LogP contribution in [0.15, 0.2) is 22.7 Å². The zero-order chi connectivity index (χ0) is 15.3. The van der Waals surface area contributed by atoms with Crippen molar-refractivity contribution < 1.29 is 14.8 Å². The molecule has 0 heterocycles. The smallest absolute Gasteiger partial charge is 0.270 e.